The zero-order chi connectivity index (χ0) is 21.4. The van der Waals surface area contributed by atoms with Crippen molar-refractivity contribution < 1.29 is 4.79 Å². The van der Waals surface area contributed by atoms with Crippen molar-refractivity contribution in [2.45, 2.75) is 38.6 Å². The van der Waals surface area contributed by atoms with Gasteiger partial charge in [0.1, 0.15) is 11.9 Å². The highest BCUT2D eigenvalue weighted by Crippen LogP contribution is 2.36. The van der Waals surface area contributed by atoms with Crippen LogP contribution in [0.1, 0.15) is 32.3 Å². The number of nitrogens with one attached hydrogen (secondary N) is 1. The lowest BCUT2D eigenvalue weighted by Crippen LogP contribution is -2.55. The second-order valence-corrected chi connectivity index (χ2v) is 9.48. The third-order valence-electron chi connectivity index (χ3n) is 6.26. The Morgan fingerprint density at radius 2 is 1.90 bits per heavy atom. The van der Waals surface area contributed by atoms with Crippen LogP contribution in [0.25, 0.3) is 5.70 Å². The number of carbonyl (C=O) groups excluding carboxylic acids is 1. The number of benzene rings is 2. The molecule has 1 aliphatic carbocycles. The van der Waals surface area contributed by atoms with Crippen LogP contribution < -0.4 is 15.9 Å². The van der Waals surface area contributed by atoms with Gasteiger partial charge in [0.2, 0.25) is 0 Å². The molecular formula is C25H26N4OS. The van der Waals surface area contributed by atoms with Gasteiger partial charge in [-0.3, -0.25) is 15.1 Å². The van der Waals surface area contributed by atoms with Crippen molar-refractivity contribution in [2.75, 3.05) is 0 Å². The van der Waals surface area contributed by atoms with Gasteiger partial charge in [0.25, 0.3) is 5.91 Å². The maximum atomic E-state index is 13.2. The molecule has 2 aromatic rings. The number of rotatable bonds is 3. The largest absolute Gasteiger partial charge is 0.298 e. The van der Waals surface area contributed by atoms with Crippen molar-refractivity contribution in [3.05, 3.63) is 82.4 Å². The van der Waals surface area contributed by atoms with Gasteiger partial charge >= 0.3 is 0 Å². The molecule has 2 aliphatic heterocycles. The molecule has 0 saturated heterocycles. The topological polar surface area (TPSA) is 57.1 Å². The van der Waals surface area contributed by atoms with Crippen LogP contribution in [0.5, 0.6) is 0 Å². The van der Waals surface area contributed by atoms with E-state index >= 15 is 0 Å². The summed E-state index contributed by atoms with van der Waals surface area (Å²) in [6.07, 6.45) is 4.16. The van der Waals surface area contributed by atoms with Crippen molar-refractivity contribution in [3.8, 4) is 0 Å². The molecule has 2 aromatic carbocycles. The lowest BCUT2D eigenvalue weighted by Gasteiger charge is -2.40. The molecule has 0 fully saturated rings. The second kappa shape index (κ2) is 8.35. The van der Waals surface area contributed by atoms with Crippen LogP contribution in [0.4, 0.5) is 0 Å². The zero-order valence-corrected chi connectivity index (χ0v) is 18.6. The number of para-hydroxylation sites is 1. The lowest BCUT2D eigenvalue weighted by molar-refractivity contribution is -0.116. The van der Waals surface area contributed by atoms with Crippen LogP contribution in [0.3, 0.4) is 0 Å². The van der Waals surface area contributed by atoms with Gasteiger partial charge in [-0.1, -0.05) is 78.9 Å². The van der Waals surface area contributed by atoms with E-state index in [0.717, 1.165) is 29.2 Å². The number of hydrazone groups is 1. The molecular weight excluding hydrogens is 404 g/mol. The minimum atomic E-state index is -0.178. The molecule has 3 atom stereocenters. The second-order valence-electron chi connectivity index (χ2n) is 8.52. The van der Waals surface area contributed by atoms with E-state index in [4.69, 9.17) is 10.1 Å². The number of nitrogens with zero attached hydrogens (tertiary/aromatic N) is 3. The highest BCUT2D eigenvalue weighted by atomic mass is 32.2. The number of allylic oxidation sites excluding steroid dienone is 2. The number of amides is 1. The highest BCUT2D eigenvalue weighted by molar-refractivity contribution is 8.13. The van der Waals surface area contributed by atoms with Crippen LogP contribution in [-0.2, 0) is 10.5 Å². The summed E-state index contributed by atoms with van der Waals surface area (Å²) >= 11 is 1.55. The number of fused-ring (bicyclic) bond motifs is 2. The molecule has 0 saturated carbocycles. The summed E-state index contributed by atoms with van der Waals surface area (Å²) in [5.41, 5.74) is 3.24. The fraction of sp³-hybridized carbons (Fsp3) is 0.320. The summed E-state index contributed by atoms with van der Waals surface area (Å²) in [4.78, 5) is 18.3. The van der Waals surface area contributed by atoms with Crippen molar-refractivity contribution in [1.29, 1.82) is 0 Å². The average Bonchev–Trinajstić information content (AvgIpc) is 2.78. The first-order valence-corrected chi connectivity index (χ1v) is 11.8. The summed E-state index contributed by atoms with van der Waals surface area (Å²) in [5, 5.41) is 12.2. The molecule has 158 valence electrons. The van der Waals surface area contributed by atoms with Gasteiger partial charge in [-0.2, -0.15) is 0 Å². The van der Waals surface area contributed by atoms with Gasteiger partial charge in [-0.15, -0.1) is 5.10 Å². The Morgan fingerprint density at radius 3 is 2.71 bits per heavy atom. The van der Waals surface area contributed by atoms with E-state index in [1.54, 1.807) is 11.8 Å². The minimum Gasteiger partial charge on any atom is -0.298 e. The molecule has 0 radical (unpaired) electrons. The Morgan fingerprint density at radius 1 is 1.13 bits per heavy atom. The van der Waals surface area contributed by atoms with E-state index in [1.807, 2.05) is 47.5 Å². The smallest absolute Gasteiger partial charge is 0.276 e. The van der Waals surface area contributed by atoms with Gasteiger partial charge in [-0.25, -0.2) is 5.01 Å². The molecule has 6 heteroatoms. The molecule has 2 heterocycles. The summed E-state index contributed by atoms with van der Waals surface area (Å²) in [7, 11) is 0. The quantitative estimate of drug-likeness (QED) is 0.760. The van der Waals surface area contributed by atoms with E-state index in [9.17, 15) is 4.79 Å². The van der Waals surface area contributed by atoms with Crippen LogP contribution in [0.15, 0.2) is 76.3 Å². The Bertz CT molecular complexity index is 1190. The molecule has 0 bridgehead atoms. The lowest BCUT2D eigenvalue weighted by atomic mass is 9.79. The fourth-order valence-corrected chi connectivity index (χ4v) is 5.46. The first kappa shape index (κ1) is 20.1. The van der Waals surface area contributed by atoms with Gasteiger partial charge in [0.15, 0.2) is 5.17 Å². The van der Waals surface area contributed by atoms with Crippen molar-refractivity contribution in [2.24, 2.45) is 21.9 Å². The minimum absolute atomic E-state index is 0.104. The van der Waals surface area contributed by atoms with E-state index in [-0.39, 0.29) is 12.1 Å². The molecule has 0 spiro atoms. The Hall–Kier alpha value is -2.86. The third kappa shape index (κ3) is 3.92. The van der Waals surface area contributed by atoms with E-state index < -0.39 is 0 Å². The van der Waals surface area contributed by atoms with Crippen LogP contribution in [0.2, 0.25) is 0 Å². The molecule has 1 amide bonds. The van der Waals surface area contributed by atoms with Gasteiger partial charge in [0.05, 0.1) is 5.36 Å². The number of thioether (sulfide) groups is 1. The van der Waals surface area contributed by atoms with E-state index in [0.29, 0.717) is 22.7 Å². The van der Waals surface area contributed by atoms with E-state index in [2.05, 4.69) is 37.4 Å². The molecule has 0 unspecified atom stereocenters. The fourth-order valence-electron chi connectivity index (χ4n) is 4.65. The number of carbonyl (C=O) groups is 1. The summed E-state index contributed by atoms with van der Waals surface area (Å²) in [6.45, 7) is 4.48. The molecule has 5 nitrogen and oxygen atoms in total. The summed E-state index contributed by atoms with van der Waals surface area (Å²) < 4.78 is 0. The van der Waals surface area contributed by atoms with Gasteiger partial charge in [0, 0.05) is 16.9 Å². The summed E-state index contributed by atoms with van der Waals surface area (Å²) in [6, 6.07) is 18.1. The van der Waals surface area contributed by atoms with Crippen LogP contribution >= 0.6 is 11.8 Å². The first-order chi connectivity index (χ1) is 15.1. The number of hydrogen-bond acceptors (Lipinski definition) is 5. The predicted molar refractivity (Wildman–Crippen MR) is 125 cm³/mol. The van der Waals surface area contributed by atoms with Crippen molar-refractivity contribution >= 4 is 28.5 Å². The maximum absolute atomic E-state index is 13.2. The van der Waals surface area contributed by atoms with Crippen LogP contribution in [-0.4, -0.2) is 22.2 Å². The Balaban J connectivity index is 1.53. The normalized spacial score (nSPS) is 25.0. The molecule has 1 N–H and O–H groups in total. The van der Waals surface area contributed by atoms with Gasteiger partial charge < -0.3 is 0 Å². The molecule has 0 aromatic heterocycles. The van der Waals surface area contributed by atoms with E-state index in [1.165, 1.54) is 11.1 Å². The van der Waals surface area contributed by atoms with Crippen molar-refractivity contribution in [1.82, 2.24) is 10.3 Å². The monoisotopic (exact) mass is 430 g/mol. The number of hydrogen-bond donors (Lipinski definition) is 1. The highest BCUT2D eigenvalue weighted by Gasteiger charge is 2.39. The van der Waals surface area contributed by atoms with Crippen molar-refractivity contribution in [3.63, 3.8) is 0 Å². The Labute approximate surface area is 186 Å². The SMILES string of the molecule is CC1=CC[C@H]([C@H]2N=c3ccccc3=C3C(=O)NC(SCc4ccccc4)=NN32)[C@@H](C)C1. The third-order valence-corrected chi connectivity index (χ3v) is 7.19. The number of amidine groups is 1. The molecule has 3 aliphatic rings. The van der Waals surface area contributed by atoms with Crippen LogP contribution in [0, 0.1) is 11.8 Å². The standard InChI is InChI=1S/C25H26N4OS/c1-16-12-13-19(17(2)14-16)23-26-21-11-7-6-10-20(21)22-24(30)27-25(28-29(22)23)31-15-18-8-4-3-5-9-18/h3-12,17,19,23H,13-15H2,1-2H3,(H,27,28,30)/t17-,19-,23-/m0/s1. The molecule has 5 rings (SSSR count). The maximum Gasteiger partial charge on any atom is 0.276 e. The zero-order valence-electron chi connectivity index (χ0n) is 17.8. The Kier molecular flexibility index (Phi) is 5.40. The predicted octanol–water partition coefficient (Wildman–Crippen LogP) is 3.38. The molecule has 31 heavy (non-hydrogen) atoms. The summed E-state index contributed by atoms with van der Waals surface area (Å²) in [5.74, 6) is 1.43. The average molecular weight is 431 g/mol. The first-order valence-electron chi connectivity index (χ1n) is 10.8. The van der Waals surface area contributed by atoms with Gasteiger partial charge in [-0.05, 0) is 37.3 Å².